The van der Waals surface area contributed by atoms with Crippen molar-refractivity contribution < 1.29 is 36.4 Å². The summed E-state index contributed by atoms with van der Waals surface area (Å²) < 4.78 is 61.6. The molecule has 0 aliphatic heterocycles. The van der Waals surface area contributed by atoms with Crippen molar-refractivity contribution >= 4 is 22.7 Å². The summed E-state index contributed by atoms with van der Waals surface area (Å²) in [5.74, 6) is -1.37. The first-order valence-corrected chi connectivity index (χ1v) is 9.55. The summed E-state index contributed by atoms with van der Waals surface area (Å²) >= 11 is 0. The molecule has 0 saturated heterocycles. The van der Waals surface area contributed by atoms with Crippen LogP contribution in [0, 0.1) is 0 Å². The highest BCUT2D eigenvalue weighted by atomic mass is 32.2. The molecule has 156 valence electrons. The minimum absolute atomic E-state index is 0.140. The Bertz CT molecular complexity index is 928. The quantitative estimate of drug-likeness (QED) is 0.682. The van der Waals surface area contributed by atoms with Gasteiger partial charge in [0.2, 0.25) is 5.91 Å². The SMILES string of the molecule is CCOC(=O)C(C)Oc1ccc(S(=O)c2ccc(C(F)(F)F)cc2C(N)=O)cc1. The number of alkyl halides is 3. The molecule has 2 aromatic carbocycles. The van der Waals surface area contributed by atoms with Crippen molar-refractivity contribution in [2.75, 3.05) is 6.61 Å². The second-order valence-corrected chi connectivity index (χ2v) is 7.27. The summed E-state index contributed by atoms with van der Waals surface area (Å²) in [7, 11) is -1.96. The zero-order valence-corrected chi connectivity index (χ0v) is 16.3. The number of rotatable bonds is 7. The van der Waals surface area contributed by atoms with Gasteiger partial charge in [0.25, 0.3) is 0 Å². The van der Waals surface area contributed by atoms with Crippen LogP contribution in [0.25, 0.3) is 0 Å². The van der Waals surface area contributed by atoms with Crippen molar-refractivity contribution in [1.29, 1.82) is 0 Å². The number of halogens is 3. The van der Waals surface area contributed by atoms with Crippen molar-refractivity contribution in [3.05, 3.63) is 53.6 Å². The lowest BCUT2D eigenvalue weighted by molar-refractivity contribution is -0.150. The van der Waals surface area contributed by atoms with Gasteiger partial charge in [-0.3, -0.25) is 4.79 Å². The molecular weight excluding hydrogens is 411 g/mol. The zero-order chi connectivity index (χ0) is 21.8. The van der Waals surface area contributed by atoms with Crippen molar-refractivity contribution in [2.45, 2.75) is 35.9 Å². The minimum atomic E-state index is -4.67. The molecule has 0 saturated carbocycles. The van der Waals surface area contributed by atoms with Crippen LogP contribution in [0.4, 0.5) is 13.2 Å². The van der Waals surface area contributed by atoms with Gasteiger partial charge in [-0.15, -0.1) is 0 Å². The number of carbonyl (C=O) groups is 2. The van der Waals surface area contributed by atoms with Crippen LogP contribution in [0.5, 0.6) is 5.75 Å². The predicted octanol–water partition coefficient (Wildman–Crippen LogP) is 3.30. The Labute approximate surface area is 167 Å². The van der Waals surface area contributed by atoms with Crippen LogP contribution in [0.2, 0.25) is 0 Å². The molecule has 0 aliphatic carbocycles. The molecule has 29 heavy (non-hydrogen) atoms. The van der Waals surface area contributed by atoms with Gasteiger partial charge in [-0.1, -0.05) is 0 Å². The van der Waals surface area contributed by atoms with Crippen LogP contribution in [0.1, 0.15) is 29.8 Å². The Balaban J connectivity index is 2.26. The van der Waals surface area contributed by atoms with Gasteiger partial charge in [0.1, 0.15) is 5.75 Å². The lowest BCUT2D eigenvalue weighted by Gasteiger charge is -2.14. The lowest BCUT2D eigenvalue weighted by atomic mass is 10.1. The van der Waals surface area contributed by atoms with Crippen molar-refractivity contribution in [2.24, 2.45) is 5.73 Å². The summed E-state index contributed by atoms with van der Waals surface area (Å²) in [5.41, 5.74) is 3.63. The van der Waals surface area contributed by atoms with Gasteiger partial charge in [-0.25, -0.2) is 9.00 Å². The predicted molar refractivity (Wildman–Crippen MR) is 97.8 cm³/mol. The summed E-state index contributed by atoms with van der Waals surface area (Å²) in [6, 6.07) is 7.98. The normalized spacial score (nSPS) is 13.4. The minimum Gasteiger partial charge on any atom is -0.479 e. The van der Waals surface area contributed by atoms with Gasteiger partial charge in [0, 0.05) is 4.90 Å². The summed E-state index contributed by atoms with van der Waals surface area (Å²) in [6.45, 7) is 3.38. The first-order chi connectivity index (χ1) is 13.5. The molecule has 2 atom stereocenters. The van der Waals surface area contributed by atoms with Crippen molar-refractivity contribution in [3.8, 4) is 5.75 Å². The van der Waals surface area contributed by atoms with E-state index < -0.39 is 46.1 Å². The summed E-state index contributed by atoms with van der Waals surface area (Å²) in [4.78, 5) is 23.2. The monoisotopic (exact) mass is 429 g/mol. The maximum Gasteiger partial charge on any atom is 0.416 e. The van der Waals surface area contributed by atoms with E-state index in [9.17, 15) is 27.0 Å². The highest BCUT2D eigenvalue weighted by molar-refractivity contribution is 7.85. The van der Waals surface area contributed by atoms with E-state index in [0.29, 0.717) is 11.8 Å². The van der Waals surface area contributed by atoms with Crippen LogP contribution in [0.3, 0.4) is 0 Å². The first-order valence-electron chi connectivity index (χ1n) is 8.40. The second-order valence-electron chi connectivity index (χ2n) is 5.83. The van der Waals surface area contributed by atoms with Crippen molar-refractivity contribution in [3.63, 3.8) is 0 Å². The van der Waals surface area contributed by atoms with Gasteiger partial charge < -0.3 is 15.2 Å². The highest BCUT2D eigenvalue weighted by Gasteiger charge is 2.32. The molecule has 0 spiro atoms. The maximum absolute atomic E-state index is 12.9. The van der Waals surface area contributed by atoms with Crippen molar-refractivity contribution in [1.82, 2.24) is 0 Å². The molecule has 0 radical (unpaired) electrons. The van der Waals surface area contributed by atoms with E-state index in [1.807, 2.05) is 0 Å². The third-order valence-corrected chi connectivity index (χ3v) is 5.20. The number of amides is 1. The van der Waals surface area contributed by atoms with E-state index in [2.05, 4.69) is 0 Å². The van der Waals surface area contributed by atoms with E-state index >= 15 is 0 Å². The van der Waals surface area contributed by atoms with Crippen LogP contribution in [-0.4, -0.2) is 28.8 Å². The first kappa shape index (κ1) is 22.4. The number of hydrogen-bond acceptors (Lipinski definition) is 5. The zero-order valence-electron chi connectivity index (χ0n) is 15.5. The fraction of sp³-hybridized carbons (Fsp3) is 0.263. The van der Waals surface area contributed by atoms with Gasteiger partial charge in [0.15, 0.2) is 6.10 Å². The lowest BCUT2D eigenvalue weighted by Crippen LogP contribution is -2.26. The molecule has 6 nitrogen and oxygen atoms in total. The van der Waals surface area contributed by atoms with Crippen LogP contribution < -0.4 is 10.5 Å². The van der Waals surface area contributed by atoms with E-state index in [4.69, 9.17) is 15.2 Å². The third-order valence-electron chi connectivity index (χ3n) is 3.74. The maximum atomic E-state index is 12.9. The fourth-order valence-electron chi connectivity index (χ4n) is 2.34. The number of carbonyl (C=O) groups excluding carboxylic acids is 2. The van der Waals surface area contributed by atoms with E-state index in [1.54, 1.807) is 6.92 Å². The Morgan fingerprint density at radius 3 is 2.28 bits per heavy atom. The number of esters is 1. The average molecular weight is 429 g/mol. The average Bonchev–Trinajstić information content (AvgIpc) is 2.67. The number of benzene rings is 2. The molecule has 2 aromatic rings. The van der Waals surface area contributed by atoms with E-state index in [-0.39, 0.29) is 16.4 Å². The Morgan fingerprint density at radius 2 is 1.76 bits per heavy atom. The Kier molecular flexibility index (Phi) is 7.02. The van der Waals surface area contributed by atoms with Gasteiger partial charge in [-0.2, -0.15) is 13.2 Å². The third kappa shape index (κ3) is 5.57. The van der Waals surface area contributed by atoms with Gasteiger partial charge in [-0.05, 0) is 56.3 Å². The molecule has 0 aromatic heterocycles. The fourth-order valence-corrected chi connectivity index (χ4v) is 3.53. The van der Waals surface area contributed by atoms with E-state index in [1.165, 1.54) is 31.2 Å². The molecule has 1 amide bonds. The smallest absolute Gasteiger partial charge is 0.416 e. The molecule has 0 fully saturated rings. The van der Waals surface area contributed by atoms with Crippen LogP contribution >= 0.6 is 0 Å². The van der Waals surface area contributed by atoms with Crippen LogP contribution in [-0.2, 0) is 26.5 Å². The molecule has 10 heteroatoms. The standard InChI is InChI=1S/C19H18F3NO5S/c1-3-27-18(25)11(2)28-13-5-7-14(8-6-13)29(26)16-9-4-12(19(20,21)22)10-15(16)17(23)24/h4-11H,3H2,1-2H3,(H2,23,24). The number of ether oxygens (including phenoxy) is 2. The Hall–Kier alpha value is -2.88. The molecule has 2 rings (SSSR count). The summed E-state index contributed by atoms with van der Waals surface area (Å²) in [5, 5.41) is 0. The van der Waals surface area contributed by atoms with E-state index in [0.717, 1.165) is 12.1 Å². The highest BCUT2D eigenvalue weighted by Crippen LogP contribution is 2.32. The molecule has 2 unspecified atom stereocenters. The largest absolute Gasteiger partial charge is 0.479 e. The topological polar surface area (TPSA) is 95.7 Å². The number of hydrogen-bond donors (Lipinski definition) is 1. The molecule has 0 aliphatic rings. The molecule has 0 bridgehead atoms. The number of nitrogens with two attached hydrogens (primary N) is 1. The molecule has 2 N–H and O–H groups in total. The van der Waals surface area contributed by atoms with Gasteiger partial charge >= 0.3 is 12.1 Å². The second kappa shape index (κ2) is 9.08. The molecular formula is C19H18F3NO5S. The molecule has 0 heterocycles. The Morgan fingerprint density at radius 1 is 1.14 bits per heavy atom. The van der Waals surface area contributed by atoms with Crippen LogP contribution in [0.15, 0.2) is 52.3 Å². The van der Waals surface area contributed by atoms with Gasteiger partial charge in [0.05, 0.1) is 33.4 Å². The number of primary amides is 1. The summed E-state index contributed by atoms with van der Waals surface area (Å²) in [6.07, 6.45) is -5.53.